The molecule has 0 saturated carbocycles. The van der Waals surface area contributed by atoms with Crippen LogP contribution in [0.15, 0.2) is 11.6 Å². The Labute approximate surface area is 95.3 Å². The highest BCUT2D eigenvalue weighted by molar-refractivity contribution is 5.13. The quantitative estimate of drug-likeness (QED) is 0.493. The molecule has 15 heavy (non-hydrogen) atoms. The van der Waals surface area contributed by atoms with E-state index in [0.29, 0.717) is 6.04 Å². The molecule has 0 amide bonds. The van der Waals surface area contributed by atoms with Crippen molar-refractivity contribution >= 4 is 0 Å². The number of likely N-dealkylation sites (N-methyl/N-ethyl adjacent to an activating group) is 1. The van der Waals surface area contributed by atoms with E-state index in [-0.39, 0.29) is 0 Å². The maximum atomic E-state index is 3.64. The molecule has 0 aromatic rings. The van der Waals surface area contributed by atoms with E-state index >= 15 is 0 Å². The molecule has 1 atom stereocenters. The lowest BCUT2D eigenvalue weighted by Crippen LogP contribution is -2.31. The van der Waals surface area contributed by atoms with Crippen LogP contribution in [0.2, 0.25) is 0 Å². The van der Waals surface area contributed by atoms with Gasteiger partial charge in [-0.05, 0) is 38.6 Å². The second-order valence-electron chi connectivity index (χ2n) is 4.63. The van der Waals surface area contributed by atoms with Crippen LogP contribution in [0.1, 0.15) is 65.2 Å². The van der Waals surface area contributed by atoms with Crippen LogP contribution in [0.3, 0.4) is 0 Å². The van der Waals surface area contributed by atoms with Crippen molar-refractivity contribution in [2.75, 3.05) is 6.54 Å². The van der Waals surface area contributed by atoms with E-state index < -0.39 is 0 Å². The smallest absolute Gasteiger partial charge is 0.0279 e. The predicted octanol–water partition coefficient (Wildman–Crippen LogP) is 4.05. The first-order valence-electron chi connectivity index (χ1n) is 6.80. The standard InChI is InChI=1S/C14H27N/c1-3-5-7-12-14(15-4-2)13-10-8-6-9-11-13/h10,14-15H,3-9,11-12H2,1-2H3. The van der Waals surface area contributed by atoms with Gasteiger partial charge in [0.05, 0.1) is 0 Å². The molecule has 0 radical (unpaired) electrons. The van der Waals surface area contributed by atoms with E-state index in [2.05, 4.69) is 25.2 Å². The summed E-state index contributed by atoms with van der Waals surface area (Å²) in [6, 6.07) is 0.682. The molecule has 0 fully saturated rings. The normalized spacial score (nSPS) is 18.7. The number of unbranched alkanes of at least 4 members (excludes halogenated alkanes) is 2. The monoisotopic (exact) mass is 209 g/mol. The summed E-state index contributed by atoms with van der Waals surface area (Å²) in [6.07, 6.45) is 13.4. The molecule has 1 heteroatoms. The third-order valence-electron chi connectivity index (χ3n) is 3.32. The van der Waals surface area contributed by atoms with E-state index in [1.54, 1.807) is 5.57 Å². The molecule has 1 aliphatic carbocycles. The van der Waals surface area contributed by atoms with Crippen LogP contribution < -0.4 is 5.32 Å². The zero-order chi connectivity index (χ0) is 10.9. The highest BCUT2D eigenvalue weighted by atomic mass is 14.9. The van der Waals surface area contributed by atoms with Crippen LogP contribution >= 0.6 is 0 Å². The van der Waals surface area contributed by atoms with Crippen molar-refractivity contribution in [2.24, 2.45) is 0 Å². The van der Waals surface area contributed by atoms with Crippen molar-refractivity contribution in [3.05, 3.63) is 11.6 Å². The van der Waals surface area contributed by atoms with Gasteiger partial charge in [0.2, 0.25) is 0 Å². The van der Waals surface area contributed by atoms with E-state index in [1.807, 2.05) is 0 Å². The van der Waals surface area contributed by atoms with Gasteiger partial charge in [-0.1, -0.05) is 44.8 Å². The molecular formula is C14H27N. The molecule has 0 heterocycles. The van der Waals surface area contributed by atoms with E-state index in [9.17, 15) is 0 Å². The zero-order valence-corrected chi connectivity index (χ0v) is 10.5. The van der Waals surface area contributed by atoms with Crippen LogP contribution in [0.5, 0.6) is 0 Å². The van der Waals surface area contributed by atoms with Crippen LogP contribution in [0.4, 0.5) is 0 Å². The van der Waals surface area contributed by atoms with Gasteiger partial charge in [0.25, 0.3) is 0 Å². The van der Waals surface area contributed by atoms with Gasteiger partial charge in [-0.15, -0.1) is 0 Å². The summed E-state index contributed by atoms with van der Waals surface area (Å²) in [5.74, 6) is 0. The summed E-state index contributed by atoms with van der Waals surface area (Å²) in [5.41, 5.74) is 1.69. The Morgan fingerprint density at radius 3 is 2.73 bits per heavy atom. The predicted molar refractivity (Wildman–Crippen MR) is 68.2 cm³/mol. The molecule has 0 aromatic carbocycles. The van der Waals surface area contributed by atoms with Crippen LogP contribution in [0.25, 0.3) is 0 Å². The molecule has 0 saturated heterocycles. The highest BCUT2D eigenvalue weighted by Crippen LogP contribution is 2.23. The highest BCUT2D eigenvalue weighted by Gasteiger charge is 2.14. The summed E-state index contributed by atoms with van der Waals surface area (Å²) in [5, 5.41) is 3.64. The lowest BCUT2D eigenvalue weighted by atomic mass is 9.91. The first-order chi connectivity index (χ1) is 7.38. The number of allylic oxidation sites excluding steroid dienone is 1. The Kier molecular flexibility index (Phi) is 6.74. The van der Waals surface area contributed by atoms with Gasteiger partial charge in [-0.25, -0.2) is 0 Å². The van der Waals surface area contributed by atoms with E-state index in [4.69, 9.17) is 0 Å². The molecule has 0 aromatic heterocycles. The molecule has 1 rings (SSSR count). The zero-order valence-electron chi connectivity index (χ0n) is 10.5. The number of hydrogen-bond acceptors (Lipinski definition) is 1. The first-order valence-corrected chi connectivity index (χ1v) is 6.80. The molecule has 1 unspecified atom stereocenters. The average molecular weight is 209 g/mol. The number of rotatable bonds is 7. The second-order valence-corrected chi connectivity index (χ2v) is 4.63. The molecule has 1 aliphatic rings. The van der Waals surface area contributed by atoms with Crippen molar-refractivity contribution < 1.29 is 0 Å². The largest absolute Gasteiger partial charge is 0.311 e. The molecule has 88 valence electrons. The van der Waals surface area contributed by atoms with Crippen molar-refractivity contribution in [3.8, 4) is 0 Å². The average Bonchev–Trinajstić information content (AvgIpc) is 2.29. The summed E-state index contributed by atoms with van der Waals surface area (Å²) in [4.78, 5) is 0. The Morgan fingerprint density at radius 2 is 2.13 bits per heavy atom. The topological polar surface area (TPSA) is 12.0 Å². The van der Waals surface area contributed by atoms with Crippen molar-refractivity contribution in [1.29, 1.82) is 0 Å². The van der Waals surface area contributed by atoms with Crippen molar-refractivity contribution in [3.63, 3.8) is 0 Å². The number of hydrogen-bond donors (Lipinski definition) is 1. The molecule has 1 N–H and O–H groups in total. The van der Waals surface area contributed by atoms with Crippen molar-refractivity contribution in [2.45, 2.75) is 71.3 Å². The third-order valence-corrected chi connectivity index (χ3v) is 3.32. The molecule has 1 nitrogen and oxygen atoms in total. The Hall–Kier alpha value is -0.300. The fraction of sp³-hybridized carbons (Fsp3) is 0.857. The minimum atomic E-state index is 0.682. The summed E-state index contributed by atoms with van der Waals surface area (Å²) < 4.78 is 0. The molecule has 0 spiro atoms. The molecule has 0 aliphatic heterocycles. The van der Waals surface area contributed by atoms with Gasteiger partial charge in [-0.3, -0.25) is 0 Å². The SMILES string of the molecule is CCCCCC(NCC)C1=CCCCC1. The van der Waals surface area contributed by atoms with Gasteiger partial charge in [0.15, 0.2) is 0 Å². The van der Waals surface area contributed by atoms with Gasteiger partial charge in [0, 0.05) is 6.04 Å². The van der Waals surface area contributed by atoms with Crippen LogP contribution in [-0.4, -0.2) is 12.6 Å². The minimum Gasteiger partial charge on any atom is -0.311 e. The Morgan fingerprint density at radius 1 is 1.27 bits per heavy atom. The fourth-order valence-corrected chi connectivity index (χ4v) is 2.44. The summed E-state index contributed by atoms with van der Waals surface area (Å²) in [6.45, 7) is 5.60. The molecule has 0 bridgehead atoms. The summed E-state index contributed by atoms with van der Waals surface area (Å²) >= 11 is 0. The van der Waals surface area contributed by atoms with Crippen LogP contribution in [-0.2, 0) is 0 Å². The first kappa shape index (κ1) is 12.8. The number of nitrogens with one attached hydrogen (secondary N) is 1. The Balaban J connectivity index is 2.37. The van der Waals surface area contributed by atoms with Crippen molar-refractivity contribution in [1.82, 2.24) is 5.32 Å². The minimum absolute atomic E-state index is 0.682. The maximum absolute atomic E-state index is 3.64. The van der Waals surface area contributed by atoms with Crippen LogP contribution in [0, 0.1) is 0 Å². The third kappa shape index (κ3) is 4.83. The maximum Gasteiger partial charge on any atom is 0.0279 e. The Bertz CT molecular complexity index is 184. The van der Waals surface area contributed by atoms with E-state index in [0.717, 1.165) is 6.54 Å². The van der Waals surface area contributed by atoms with Gasteiger partial charge < -0.3 is 5.32 Å². The van der Waals surface area contributed by atoms with Gasteiger partial charge in [-0.2, -0.15) is 0 Å². The lowest BCUT2D eigenvalue weighted by molar-refractivity contribution is 0.491. The van der Waals surface area contributed by atoms with E-state index in [1.165, 1.54) is 51.4 Å². The molecular weight excluding hydrogens is 182 g/mol. The lowest BCUT2D eigenvalue weighted by Gasteiger charge is -2.24. The summed E-state index contributed by atoms with van der Waals surface area (Å²) in [7, 11) is 0. The van der Waals surface area contributed by atoms with Gasteiger partial charge in [0.1, 0.15) is 0 Å². The van der Waals surface area contributed by atoms with Gasteiger partial charge >= 0.3 is 0 Å². The fourth-order valence-electron chi connectivity index (χ4n) is 2.44. The second kappa shape index (κ2) is 7.92.